The zero-order valence-electron chi connectivity index (χ0n) is 9.24. The molecule has 0 atom stereocenters. The number of rotatable bonds is 4. The summed E-state index contributed by atoms with van der Waals surface area (Å²) in [6.45, 7) is 0.703. The summed E-state index contributed by atoms with van der Waals surface area (Å²) in [5.74, 6) is -0.520. The van der Waals surface area contributed by atoms with Crippen LogP contribution in [0.15, 0.2) is 33.4 Å². The Kier molecular flexibility index (Phi) is 4.27. The smallest absolute Gasteiger partial charge is 0.250 e. The average Bonchev–Trinajstić information content (AvgIpc) is 2.72. The van der Waals surface area contributed by atoms with Crippen molar-refractivity contribution in [3.05, 3.63) is 49.6 Å². The molecule has 2 aromatic rings. The molecule has 0 fully saturated rings. The monoisotopic (exact) mass is 344 g/mol. The van der Waals surface area contributed by atoms with Gasteiger partial charge in [-0.15, -0.1) is 11.3 Å². The van der Waals surface area contributed by atoms with Gasteiger partial charge in [0.2, 0.25) is 5.91 Å². The molecule has 0 aliphatic heterocycles. The Labute approximate surface area is 122 Å². The van der Waals surface area contributed by atoms with Gasteiger partial charge in [-0.1, -0.05) is 11.6 Å². The lowest BCUT2D eigenvalue weighted by Crippen LogP contribution is -2.11. The van der Waals surface area contributed by atoms with E-state index in [4.69, 9.17) is 17.3 Å². The number of primary amides is 1. The van der Waals surface area contributed by atoms with Crippen LogP contribution < -0.4 is 11.1 Å². The molecule has 94 valence electrons. The number of carbonyl (C=O) groups is 1. The molecule has 0 radical (unpaired) electrons. The third kappa shape index (κ3) is 3.25. The van der Waals surface area contributed by atoms with Gasteiger partial charge < -0.3 is 11.1 Å². The first kappa shape index (κ1) is 13.4. The van der Waals surface area contributed by atoms with E-state index in [1.807, 2.05) is 0 Å². The van der Waals surface area contributed by atoms with Gasteiger partial charge in [-0.3, -0.25) is 4.79 Å². The predicted molar refractivity (Wildman–Crippen MR) is 79.3 cm³/mol. The van der Waals surface area contributed by atoms with Gasteiger partial charge in [0.25, 0.3) is 0 Å². The third-order valence-corrected chi connectivity index (χ3v) is 4.22. The van der Waals surface area contributed by atoms with E-state index in [9.17, 15) is 4.79 Å². The summed E-state index contributed by atoms with van der Waals surface area (Å²) in [6, 6.07) is 7.16. The Morgan fingerprint density at radius 2 is 2.22 bits per heavy atom. The van der Waals surface area contributed by atoms with Crippen molar-refractivity contribution >= 4 is 50.5 Å². The second-order valence-corrected chi connectivity index (χ2v) is 6.37. The van der Waals surface area contributed by atoms with E-state index in [2.05, 4.69) is 32.7 Å². The van der Waals surface area contributed by atoms with Crippen molar-refractivity contribution in [1.29, 1.82) is 0 Å². The lowest BCUT2D eigenvalue weighted by Gasteiger charge is -2.07. The molecular weight excluding hydrogens is 336 g/mol. The van der Waals surface area contributed by atoms with Gasteiger partial charge in [0.05, 0.1) is 14.4 Å². The second kappa shape index (κ2) is 5.73. The van der Waals surface area contributed by atoms with Crippen LogP contribution >= 0.6 is 38.9 Å². The first-order valence-corrected chi connectivity index (χ1v) is 7.17. The molecule has 1 amide bonds. The van der Waals surface area contributed by atoms with E-state index in [0.717, 1.165) is 9.47 Å². The minimum absolute atomic E-state index is 0.334. The van der Waals surface area contributed by atoms with E-state index in [1.165, 1.54) is 5.56 Å². The molecule has 0 spiro atoms. The Morgan fingerprint density at radius 1 is 1.44 bits per heavy atom. The molecule has 0 unspecified atom stereocenters. The van der Waals surface area contributed by atoms with Crippen LogP contribution in [0.1, 0.15) is 15.9 Å². The number of nitrogens with two attached hydrogens (primary N) is 1. The minimum Gasteiger partial charge on any atom is -0.381 e. The van der Waals surface area contributed by atoms with Crippen LogP contribution in [-0.4, -0.2) is 5.91 Å². The Balaban J connectivity index is 2.06. The molecule has 2 rings (SSSR count). The van der Waals surface area contributed by atoms with Crippen LogP contribution in [0.5, 0.6) is 0 Å². The SMILES string of the molecule is NC(=O)c1ccc(NCc2csc(Br)c2)cc1Cl. The summed E-state index contributed by atoms with van der Waals surface area (Å²) in [5.41, 5.74) is 7.55. The topological polar surface area (TPSA) is 55.1 Å². The number of anilines is 1. The van der Waals surface area contributed by atoms with E-state index in [-0.39, 0.29) is 0 Å². The van der Waals surface area contributed by atoms with Crippen molar-refractivity contribution < 1.29 is 4.79 Å². The standard InChI is InChI=1S/C12H10BrClN2OS/c13-11-3-7(6-18-11)5-16-8-1-2-9(12(15)17)10(14)4-8/h1-4,6,16H,5H2,(H2,15,17). The normalized spacial score (nSPS) is 10.3. The second-order valence-electron chi connectivity index (χ2n) is 3.67. The molecule has 3 N–H and O–H groups in total. The summed E-state index contributed by atoms with van der Waals surface area (Å²) in [5, 5.41) is 5.66. The van der Waals surface area contributed by atoms with Crippen molar-refractivity contribution in [2.24, 2.45) is 5.73 Å². The molecule has 3 nitrogen and oxygen atoms in total. The fourth-order valence-corrected chi connectivity index (χ4v) is 2.95. The van der Waals surface area contributed by atoms with Crippen molar-refractivity contribution in [2.45, 2.75) is 6.54 Å². The van der Waals surface area contributed by atoms with Gasteiger partial charge in [0.1, 0.15) is 0 Å². The van der Waals surface area contributed by atoms with Crippen LogP contribution in [0.2, 0.25) is 5.02 Å². The number of halogens is 2. The zero-order chi connectivity index (χ0) is 13.1. The van der Waals surface area contributed by atoms with Gasteiger partial charge in [-0.05, 0) is 51.1 Å². The van der Waals surface area contributed by atoms with Crippen molar-refractivity contribution in [3.8, 4) is 0 Å². The number of hydrogen-bond acceptors (Lipinski definition) is 3. The summed E-state index contributed by atoms with van der Waals surface area (Å²) >= 11 is 11.0. The molecule has 1 heterocycles. The number of carbonyl (C=O) groups excluding carboxylic acids is 1. The van der Waals surface area contributed by atoms with Crippen LogP contribution in [0, 0.1) is 0 Å². The maximum atomic E-state index is 11.0. The third-order valence-electron chi connectivity index (χ3n) is 2.35. The molecule has 1 aromatic carbocycles. The highest BCUT2D eigenvalue weighted by Crippen LogP contribution is 2.23. The lowest BCUT2D eigenvalue weighted by atomic mass is 10.2. The van der Waals surface area contributed by atoms with Crippen LogP contribution in [-0.2, 0) is 6.54 Å². The molecular formula is C12H10BrClN2OS. The van der Waals surface area contributed by atoms with Gasteiger partial charge in [0, 0.05) is 12.2 Å². The van der Waals surface area contributed by atoms with Gasteiger partial charge in [0.15, 0.2) is 0 Å². The molecule has 0 bridgehead atoms. The molecule has 6 heteroatoms. The van der Waals surface area contributed by atoms with Crippen molar-refractivity contribution in [3.63, 3.8) is 0 Å². The van der Waals surface area contributed by atoms with E-state index >= 15 is 0 Å². The highest BCUT2D eigenvalue weighted by atomic mass is 79.9. The minimum atomic E-state index is -0.520. The number of nitrogens with one attached hydrogen (secondary N) is 1. The average molecular weight is 346 g/mol. The Morgan fingerprint density at radius 3 is 2.78 bits per heavy atom. The van der Waals surface area contributed by atoms with E-state index in [1.54, 1.807) is 29.5 Å². The van der Waals surface area contributed by atoms with Crippen molar-refractivity contribution in [1.82, 2.24) is 0 Å². The van der Waals surface area contributed by atoms with Gasteiger partial charge in [-0.2, -0.15) is 0 Å². The fourth-order valence-electron chi connectivity index (χ4n) is 1.47. The fraction of sp³-hybridized carbons (Fsp3) is 0.0833. The molecule has 0 aliphatic carbocycles. The molecule has 0 saturated heterocycles. The Bertz CT molecular complexity index is 585. The predicted octanol–water partition coefficient (Wildman–Crippen LogP) is 3.88. The zero-order valence-corrected chi connectivity index (χ0v) is 12.4. The Hall–Kier alpha value is -1.04. The number of amides is 1. The summed E-state index contributed by atoms with van der Waals surface area (Å²) in [7, 11) is 0. The highest BCUT2D eigenvalue weighted by molar-refractivity contribution is 9.11. The summed E-state index contributed by atoms with van der Waals surface area (Å²) in [4.78, 5) is 11.0. The van der Waals surface area contributed by atoms with Crippen LogP contribution in [0.4, 0.5) is 5.69 Å². The van der Waals surface area contributed by atoms with Crippen molar-refractivity contribution in [2.75, 3.05) is 5.32 Å². The van der Waals surface area contributed by atoms with E-state index in [0.29, 0.717) is 17.1 Å². The number of benzene rings is 1. The first-order chi connectivity index (χ1) is 8.56. The van der Waals surface area contributed by atoms with Crippen LogP contribution in [0.3, 0.4) is 0 Å². The number of thiophene rings is 1. The quantitative estimate of drug-likeness (QED) is 0.883. The van der Waals surface area contributed by atoms with Gasteiger partial charge >= 0.3 is 0 Å². The molecule has 1 aromatic heterocycles. The van der Waals surface area contributed by atoms with E-state index < -0.39 is 5.91 Å². The van der Waals surface area contributed by atoms with Gasteiger partial charge in [-0.25, -0.2) is 0 Å². The lowest BCUT2D eigenvalue weighted by molar-refractivity contribution is 0.100. The molecule has 0 saturated carbocycles. The molecule has 18 heavy (non-hydrogen) atoms. The number of hydrogen-bond donors (Lipinski definition) is 2. The first-order valence-electron chi connectivity index (χ1n) is 5.12. The summed E-state index contributed by atoms with van der Waals surface area (Å²) in [6.07, 6.45) is 0. The molecule has 0 aliphatic rings. The summed E-state index contributed by atoms with van der Waals surface area (Å²) < 4.78 is 1.10. The largest absolute Gasteiger partial charge is 0.381 e. The maximum Gasteiger partial charge on any atom is 0.250 e. The van der Waals surface area contributed by atoms with Crippen LogP contribution in [0.25, 0.3) is 0 Å². The highest BCUT2D eigenvalue weighted by Gasteiger charge is 2.07. The maximum absolute atomic E-state index is 11.0.